The van der Waals surface area contributed by atoms with E-state index in [1.807, 2.05) is 59.8 Å². The van der Waals surface area contributed by atoms with E-state index in [9.17, 15) is 4.79 Å². The van der Waals surface area contributed by atoms with Crippen LogP contribution in [0.2, 0.25) is 5.02 Å². The van der Waals surface area contributed by atoms with E-state index in [2.05, 4.69) is 0 Å². The Balaban J connectivity index is 1.80. The van der Waals surface area contributed by atoms with Crippen LogP contribution in [0.25, 0.3) is 0 Å². The van der Waals surface area contributed by atoms with Crippen LogP contribution in [0.5, 0.6) is 0 Å². The van der Waals surface area contributed by atoms with Crippen molar-refractivity contribution in [2.24, 2.45) is 7.05 Å². The molecule has 1 unspecified atom stereocenters. The third kappa shape index (κ3) is 2.76. The van der Waals surface area contributed by atoms with Gasteiger partial charge in [0.1, 0.15) is 11.8 Å². The van der Waals surface area contributed by atoms with Gasteiger partial charge in [-0.2, -0.15) is 0 Å². The Morgan fingerprint density at radius 3 is 2.73 bits per heavy atom. The summed E-state index contributed by atoms with van der Waals surface area (Å²) in [6, 6.07) is 11.5. The van der Waals surface area contributed by atoms with Crippen LogP contribution in [0, 0.1) is 6.92 Å². The first kappa shape index (κ1) is 15.1. The van der Waals surface area contributed by atoms with Gasteiger partial charge < -0.3 is 14.2 Å². The summed E-state index contributed by atoms with van der Waals surface area (Å²) in [7, 11) is 1.91. The second kappa shape index (κ2) is 6.15. The maximum Gasteiger partial charge on any atom is 0.270 e. The van der Waals surface area contributed by atoms with E-state index >= 15 is 0 Å². The average molecular weight is 319 g/mol. The second-order valence-corrected chi connectivity index (χ2v) is 5.96. The lowest BCUT2D eigenvalue weighted by molar-refractivity contribution is -0.0230. The Bertz CT molecular complexity index is 696. The highest BCUT2D eigenvalue weighted by molar-refractivity contribution is 6.31. The molecule has 1 fully saturated rings. The molecule has 1 aliphatic rings. The molecule has 0 N–H and O–H groups in total. The minimum Gasteiger partial charge on any atom is -0.370 e. The Hall–Kier alpha value is -1.78. The topological polar surface area (TPSA) is 34.5 Å². The second-order valence-electron chi connectivity index (χ2n) is 5.55. The van der Waals surface area contributed by atoms with E-state index in [0.29, 0.717) is 30.4 Å². The zero-order valence-electron chi connectivity index (χ0n) is 12.8. The molecule has 1 aromatic heterocycles. The summed E-state index contributed by atoms with van der Waals surface area (Å²) >= 11 is 6.24. The molecule has 1 aromatic carbocycles. The van der Waals surface area contributed by atoms with Crippen molar-refractivity contribution in [2.45, 2.75) is 13.0 Å². The van der Waals surface area contributed by atoms with Gasteiger partial charge in [0.15, 0.2) is 0 Å². The summed E-state index contributed by atoms with van der Waals surface area (Å²) in [4.78, 5) is 14.6. The highest BCUT2D eigenvalue weighted by Gasteiger charge is 2.28. The Morgan fingerprint density at radius 2 is 2.05 bits per heavy atom. The third-order valence-corrected chi connectivity index (χ3v) is 4.54. The van der Waals surface area contributed by atoms with Crippen molar-refractivity contribution in [1.29, 1.82) is 0 Å². The largest absolute Gasteiger partial charge is 0.370 e. The van der Waals surface area contributed by atoms with Gasteiger partial charge in [0.05, 0.1) is 13.2 Å². The summed E-state index contributed by atoms with van der Waals surface area (Å²) in [5.74, 6) is 0.0379. The van der Waals surface area contributed by atoms with Gasteiger partial charge in [-0.3, -0.25) is 4.79 Å². The molecule has 0 spiro atoms. The van der Waals surface area contributed by atoms with Crippen LogP contribution in [-0.2, 0) is 11.8 Å². The van der Waals surface area contributed by atoms with Gasteiger partial charge in [0.2, 0.25) is 0 Å². The SMILES string of the molecule is Cc1ccc(C(=O)N2CCOC(c3ccccc3Cl)C2)n1C. The molecule has 22 heavy (non-hydrogen) atoms. The van der Waals surface area contributed by atoms with Gasteiger partial charge in [-0.05, 0) is 25.1 Å². The molecule has 2 heterocycles. The number of hydrogen-bond donors (Lipinski definition) is 0. The number of aromatic nitrogens is 1. The highest BCUT2D eigenvalue weighted by Crippen LogP contribution is 2.28. The molecule has 116 valence electrons. The van der Waals surface area contributed by atoms with E-state index in [-0.39, 0.29) is 12.0 Å². The minimum atomic E-state index is -0.173. The molecule has 2 aromatic rings. The molecule has 1 saturated heterocycles. The molecule has 0 radical (unpaired) electrons. The number of nitrogens with zero attached hydrogens (tertiary/aromatic N) is 2. The van der Waals surface area contributed by atoms with Crippen molar-refractivity contribution in [2.75, 3.05) is 19.7 Å². The molecule has 1 amide bonds. The number of carbonyl (C=O) groups is 1. The van der Waals surface area contributed by atoms with Crippen LogP contribution in [0.3, 0.4) is 0 Å². The van der Waals surface area contributed by atoms with Crippen LogP contribution in [0.15, 0.2) is 36.4 Å². The highest BCUT2D eigenvalue weighted by atomic mass is 35.5. The monoisotopic (exact) mass is 318 g/mol. The maximum absolute atomic E-state index is 12.7. The van der Waals surface area contributed by atoms with Crippen molar-refractivity contribution in [3.8, 4) is 0 Å². The summed E-state index contributed by atoms with van der Waals surface area (Å²) < 4.78 is 7.73. The first-order valence-corrected chi connectivity index (χ1v) is 7.73. The normalized spacial score (nSPS) is 18.5. The number of amides is 1. The number of hydrogen-bond acceptors (Lipinski definition) is 2. The first-order chi connectivity index (χ1) is 10.6. The molecule has 3 rings (SSSR count). The molecular formula is C17H19ClN2O2. The molecule has 0 aliphatic carbocycles. The number of aryl methyl sites for hydroxylation is 1. The molecule has 4 nitrogen and oxygen atoms in total. The first-order valence-electron chi connectivity index (χ1n) is 7.35. The predicted molar refractivity (Wildman–Crippen MR) is 86.2 cm³/mol. The van der Waals surface area contributed by atoms with Gasteiger partial charge in [-0.15, -0.1) is 0 Å². The smallest absolute Gasteiger partial charge is 0.270 e. The number of morpholine rings is 1. The van der Waals surface area contributed by atoms with Crippen LogP contribution in [0.4, 0.5) is 0 Å². The standard InChI is InChI=1S/C17H19ClN2O2/c1-12-7-8-15(19(12)2)17(21)20-9-10-22-16(11-20)13-5-3-4-6-14(13)18/h3-8,16H,9-11H2,1-2H3. The summed E-state index contributed by atoms with van der Waals surface area (Å²) in [6.07, 6.45) is -0.173. The van der Waals surface area contributed by atoms with Crippen molar-refractivity contribution in [3.63, 3.8) is 0 Å². The number of benzene rings is 1. The van der Waals surface area contributed by atoms with Gasteiger partial charge in [-0.25, -0.2) is 0 Å². The maximum atomic E-state index is 12.7. The Labute approximate surface area is 135 Å². The number of carbonyl (C=O) groups excluding carboxylic acids is 1. The van der Waals surface area contributed by atoms with Gasteiger partial charge in [0.25, 0.3) is 5.91 Å². The van der Waals surface area contributed by atoms with Gasteiger partial charge in [-0.1, -0.05) is 29.8 Å². The van der Waals surface area contributed by atoms with Crippen molar-refractivity contribution >= 4 is 17.5 Å². The summed E-state index contributed by atoms with van der Waals surface area (Å²) in [6.45, 7) is 3.63. The van der Waals surface area contributed by atoms with Crippen LogP contribution >= 0.6 is 11.6 Å². The number of halogens is 1. The zero-order chi connectivity index (χ0) is 15.7. The number of ether oxygens (including phenoxy) is 1. The summed E-state index contributed by atoms with van der Waals surface area (Å²) in [5, 5.41) is 0.677. The molecular weight excluding hydrogens is 300 g/mol. The van der Waals surface area contributed by atoms with E-state index in [0.717, 1.165) is 11.3 Å². The average Bonchev–Trinajstić information content (AvgIpc) is 2.87. The van der Waals surface area contributed by atoms with Crippen molar-refractivity contribution < 1.29 is 9.53 Å². The van der Waals surface area contributed by atoms with Crippen molar-refractivity contribution in [1.82, 2.24) is 9.47 Å². The minimum absolute atomic E-state index is 0.0379. The fourth-order valence-electron chi connectivity index (χ4n) is 2.75. The summed E-state index contributed by atoms with van der Waals surface area (Å²) in [5.41, 5.74) is 2.71. The van der Waals surface area contributed by atoms with Crippen LogP contribution in [-0.4, -0.2) is 35.1 Å². The fourth-order valence-corrected chi connectivity index (χ4v) is 3.01. The van der Waals surface area contributed by atoms with E-state index < -0.39 is 0 Å². The van der Waals surface area contributed by atoms with E-state index in [1.54, 1.807) is 0 Å². The lowest BCUT2D eigenvalue weighted by Crippen LogP contribution is -2.42. The lowest BCUT2D eigenvalue weighted by Gasteiger charge is -2.33. The molecule has 1 atom stereocenters. The predicted octanol–water partition coefficient (Wildman–Crippen LogP) is 3.20. The molecule has 0 saturated carbocycles. The molecule has 5 heteroatoms. The third-order valence-electron chi connectivity index (χ3n) is 4.20. The lowest BCUT2D eigenvalue weighted by atomic mass is 10.1. The quantitative estimate of drug-likeness (QED) is 0.852. The Morgan fingerprint density at radius 1 is 1.27 bits per heavy atom. The van der Waals surface area contributed by atoms with Crippen molar-refractivity contribution in [3.05, 3.63) is 58.4 Å². The van der Waals surface area contributed by atoms with Gasteiger partial charge >= 0.3 is 0 Å². The Kier molecular flexibility index (Phi) is 4.23. The van der Waals surface area contributed by atoms with Crippen LogP contribution < -0.4 is 0 Å². The molecule has 0 bridgehead atoms. The fraction of sp³-hybridized carbons (Fsp3) is 0.353. The molecule has 1 aliphatic heterocycles. The number of rotatable bonds is 2. The van der Waals surface area contributed by atoms with Gasteiger partial charge in [0, 0.05) is 29.9 Å². The van der Waals surface area contributed by atoms with E-state index in [1.165, 1.54) is 0 Å². The van der Waals surface area contributed by atoms with Crippen LogP contribution in [0.1, 0.15) is 27.8 Å². The zero-order valence-corrected chi connectivity index (χ0v) is 13.5. The van der Waals surface area contributed by atoms with E-state index in [4.69, 9.17) is 16.3 Å².